The number of aryl methyl sites for hydroxylation is 1. The van der Waals surface area contributed by atoms with Gasteiger partial charge in [0.2, 0.25) is 11.0 Å². The van der Waals surface area contributed by atoms with E-state index in [1.807, 2.05) is 13.0 Å². The molecule has 0 aromatic carbocycles. The third-order valence-corrected chi connectivity index (χ3v) is 4.15. The third kappa shape index (κ3) is 3.11. The van der Waals surface area contributed by atoms with Crippen LogP contribution in [0.4, 0.5) is 10.9 Å². The predicted octanol–water partition coefficient (Wildman–Crippen LogP) is 1.88. The first kappa shape index (κ1) is 14.6. The minimum atomic E-state index is -0.0273. The van der Waals surface area contributed by atoms with Crippen molar-refractivity contribution in [3.63, 3.8) is 0 Å². The van der Waals surface area contributed by atoms with Crippen LogP contribution in [0, 0.1) is 6.92 Å². The first-order chi connectivity index (χ1) is 10.7. The fraction of sp³-hybridized carbons (Fsp3) is 0.357. The molecule has 1 aliphatic rings. The highest BCUT2D eigenvalue weighted by molar-refractivity contribution is 7.13. The van der Waals surface area contributed by atoms with Gasteiger partial charge in [-0.05, 0) is 19.4 Å². The molecule has 3 rings (SSSR count). The van der Waals surface area contributed by atoms with E-state index in [1.54, 1.807) is 10.4 Å². The summed E-state index contributed by atoms with van der Waals surface area (Å²) in [4.78, 5) is 22.4. The maximum absolute atomic E-state index is 11.7. The van der Waals surface area contributed by atoms with Crippen molar-refractivity contribution in [1.82, 2.24) is 25.1 Å². The normalized spacial score (nSPS) is 17.5. The predicted molar refractivity (Wildman–Crippen MR) is 84.1 cm³/mol. The van der Waals surface area contributed by atoms with Gasteiger partial charge in [0.25, 0.3) is 0 Å². The highest BCUT2D eigenvalue weighted by Crippen LogP contribution is 2.28. The van der Waals surface area contributed by atoms with Gasteiger partial charge in [0.15, 0.2) is 0 Å². The molecule has 2 aromatic heterocycles. The van der Waals surface area contributed by atoms with Gasteiger partial charge in [0.05, 0.1) is 5.69 Å². The number of hydrogen-bond acceptors (Lipinski definition) is 7. The minimum absolute atomic E-state index is 0.0273. The van der Waals surface area contributed by atoms with E-state index in [0.717, 1.165) is 18.7 Å². The molecule has 1 fully saturated rings. The Labute approximate surface area is 132 Å². The summed E-state index contributed by atoms with van der Waals surface area (Å²) in [5.74, 6) is 1.59. The fourth-order valence-corrected chi connectivity index (χ4v) is 2.98. The maximum Gasteiger partial charge on any atom is 0.245 e. The molecule has 0 aliphatic carbocycles. The topological polar surface area (TPSA) is 83.9 Å². The van der Waals surface area contributed by atoms with Crippen LogP contribution >= 0.6 is 11.3 Å². The van der Waals surface area contributed by atoms with Crippen molar-refractivity contribution in [2.24, 2.45) is 0 Å². The van der Waals surface area contributed by atoms with Gasteiger partial charge in [-0.2, -0.15) is 0 Å². The molecule has 22 heavy (non-hydrogen) atoms. The standard InChI is InChI=1S/C14H16N6OS/c1-3-13(21)20-5-4-10(7-20)11-6-12(17-9(2)16-11)18-14-19-15-8-22-14/h3,6,8,10H,1,4-5,7H2,2H3,(H,16,17,18,19)/t10-/m0/s1. The molecule has 1 aliphatic heterocycles. The van der Waals surface area contributed by atoms with Crippen LogP contribution in [-0.4, -0.2) is 44.1 Å². The molecule has 7 nitrogen and oxygen atoms in total. The van der Waals surface area contributed by atoms with E-state index in [4.69, 9.17) is 0 Å². The molecule has 0 spiro atoms. The molecule has 1 amide bonds. The molecule has 1 N–H and O–H groups in total. The van der Waals surface area contributed by atoms with Gasteiger partial charge in [-0.15, -0.1) is 10.2 Å². The Bertz CT molecular complexity index is 687. The number of likely N-dealkylation sites (tertiary alicyclic amines) is 1. The Hall–Kier alpha value is -2.35. The zero-order valence-corrected chi connectivity index (χ0v) is 13.0. The van der Waals surface area contributed by atoms with Crippen LogP contribution in [0.25, 0.3) is 0 Å². The number of hydrogen-bond donors (Lipinski definition) is 1. The largest absolute Gasteiger partial charge is 0.338 e. The van der Waals surface area contributed by atoms with Crippen molar-refractivity contribution in [1.29, 1.82) is 0 Å². The summed E-state index contributed by atoms with van der Waals surface area (Å²) in [6.45, 7) is 6.79. The van der Waals surface area contributed by atoms with Crippen LogP contribution in [0.15, 0.2) is 24.2 Å². The minimum Gasteiger partial charge on any atom is -0.338 e. The van der Waals surface area contributed by atoms with E-state index in [1.165, 1.54) is 17.4 Å². The van der Waals surface area contributed by atoms with Gasteiger partial charge in [-0.3, -0.25) is 4.79 Å². The molecule has 0 unspecified atom stereocenters. The van der Waals surface area contributed by atoms with E-state index in [9.17, 15) is 4.79 Å². The van der Waals surface area contributed by atoms with Gasteiger partial charge in [-0.25, -0.2) is 9.97 Å². The Balaban J connectivity index is 1.78. The molecule has 114 valence electrons. The summed E-state index contributed by atoms with van der Waals surface area (Å²) in [6, 6.07) is 1.92. The van der Waals surface area contributed by atoms with E-state index in [0.29, 0.717) is 23.3 Å². The molecular weight excluding hydrogens is 300 g/mol. The second-order valence-electron chi connectivity index (χ2n) is 5.07. The first-order valence-electron chi connectivity index (χ1n) is 6.96. The zero-order valence-electron chi connectivity index (χ0n) is 12.2. The van der Waals surface area contributed by atoms with E-state index < -0.39 is 0 Å². The Morgan fingerprint density at radius 1 is 1.55 bits per heavy atom. The average molecular weight is 316 g/mol. The second-order valence-corrected chi connectivity index (χ2v) is 5.90. The highest BCUT2D eigenvalue weighted by Gasteiger charge is 2.27. The SMILES string of the molecule is C=CC(=O)N1CC[C@H](c2cc(Nc3nncs3)nc(C)n2)C1. The lowest BCUT2D eigenvalue weighted by Crippen LogP contribution is -2.26. The Kier molecular flexibility index (Phi) is 4.10. The van der Waals surface area contributed by atoms with Crippen LogP contribution in [0.3, 0.4) is 0 Å². The lowest BCUT2D eigenvalue weighted by Gasteiger charge is -2.14. The average Bonchev–Trinajstić information content (AvgIpc) is 3.17. The second kappa shape index (κ2) is 6.18. The van der Waals surface area contributed by atoms with E-state index in [2.05, 4.69) is 32.1 Å². The number of carbonyl (C=O) groups is 1. The summed E-state index contributed by atoms with van der Waals surface area (Å²) in [7, 11) is 0. The smallest absolute Gasteiger partial charge is 0.245 e. The molecule has 0 saturated carbocycles. The highest BCUT2D eigenvalue weighted by atomic mass is 32.1. The Morgan fingerprint density at radius 2 is 2.41 bits per heavy atom. The number of rotatable bonds is 4. The molecule has 1 saturated heterocycles. The molecular formula is C14H16N6OS. The van der Waals surface area contributed by atoms with Gasteiger partial charge in [0, 0.05) is 25.1 Å². The van der Waals surface area contributed by atoms with Gasteiger partial charge in [-0.1, -0.05) is 17.9 Å². The molecule has 0 bridgehead atoms. The number of carbonyl (C=O) groups excluding carboxylic acids is 1. The van der Waals surface area contributed by atoms with Crippen LogP contribution in [0.1, 0.15) is 23.9 Å². The summed E-state index contributed by atoms with van der Waals surface area (Å²) < 4.78 is 0. The van der Waals surface area contributed by atoms with Crippen molar-refractivity contribution >= 4 is 28.2 Å². The van der Waals surface area contributed by atoms with Gasteiger partial charge < -0.3 is 10.2 Å². The number of nitrogens with one attached hydrogen (secondary N) is 1. The maximum atomic E-state index is 11.7. The number of aromatic nitrogens is 4. The van der Waals surface area contributed by atoms with Crippen molar-refractivity contribution in [3.8, 4) is 0 Å². The number of amides is 1. The summed E-state index contributed by atoms with van der Waals surface area (Å²) in [6.07, 6.45) is 2.25. The third-order valence-electron chi connectivity index (χ3n) is 3.55. The lowest BCUT2D eigenvalue weighted by molar-refractivity contribution is -0.125. The number of anilines is 2. The van der Waals surface area contributed by atoms with Crippen molar-refractivity contribution < 1.29 is 4.79 Å². The summed E-state index contributed by atoms with van der Waals surface area (Å²) in [5.41, 5.74) is 2.60. The van der Waals surface area contributed by atoms with Crippen LogP contribution in [0.2, 0.25) is 0 Å². The van der Waals surface area contributed by atoms with E-state index in [-0.39, 0.29) is 11.8 Å². The summed E-state index contributed by atoms with van der Waals surface area (Å²) >= 11 is 1.41. The lowest BCUT2D eigenvalue weighted by atomic mass is 10.0. The number of nitrogens with zero attached hydrogens (tertiary/aromatic N) is 5. The quantitative estimate of drug-likeness (QED) is 0.867. The molecule has 3 heterocycles. The summed E-state index contributed by atoms with van der Waals surface area (Å²) in [5, 5.41) is 11.6. The molecule has 2 aromatic rings. The zero-order chi connectivity index (χ0) is 15.5. The van der Waals surface area contributed by atoms with Crippen molar-refractivity contribution in [2.45, 2.75) is 19.3 Å². The van der Waals surface area contributed by atoms with E-state index >= 15 is 0 Å². The monoisotopic (exact) mass is 316 g/mol. The molecule has 0 radical (unpaired) electrons. The van der Waals surface area contributed by atoms with Crippen molar-refractivity contribution in [3.05, 3.63) is 35.8 Å². The first-order valence-corrected chi connectivity index (χ1v) is 7.84. The van der Waals surface area contributed by atoms with Crippen LogP contribution < -0.4 is 5.32 Å². The Morgan fingerprint density at radius 3 is 3.14 bits per heavy atom. The molecule has 1 atom stereocenters. The van der Waals surface area contributed by atoms with Crippen LogP contribution in [-0.2, 0) is 4.79 Å². The van der Waals surface area contributed by atoms with Crippen molar-refractivity contribution in [2.75, 3.05) is 18.4 Å². The van der Waals surface area contributed by atoms with Gasteiger partial charge >= 0.3 is 0 Å². The molecule has 8 heteroatoms. The van der Waals surface area contributed by atoms with Gasteiger partial charge in [0.1, 0.15) is 17.2 Å². The van der Waals surface area contributed by atoms with Crippen LogP contribution in [0.5, 0.6) is 0 Å². The fourth-order valence-electron chi connectivity index (χ4n) is 2.53.